The van der Waals surface area contributed by atoms with E-state index in [-0.39, 0.29) is 11.4 Å². The molecule has 4 N–H and O–H groups in total. The maximum absolute atomic E-state index is 12.5. The summed E-state index contributed by atoms with van der Waals surface area (Å²) in [5, 5.41) is 16.6. The number of aliphatic imine (C=N–C) groups is 1. The molecule has 1 aliphatic rings. The zero-order chi connectivity index (χ0) is 14.3. The lowest BCUT2D eigenvalue weighted by atomic mass is 10.1. The van der Waals surface area contributed by atoms with Crippen molar-refractivity contribution in [2.75, 3.05) is 5.32 Å². The number of hydrogen-bond donors (Lipinski definition) is 3. The molecule has 0 bridgehead atoms. The lowest BCUT2D eigenvalue weighted by Gasteiger charge is -2.25. The van der Waals surface area contributed by atoms with Crippen LogP contribution in [0.3, 0.4) is 0 Å². The molecule has 0 aliphatic carbocycles. The number of nitrogens with one attached hydrogen (secondary N) is 2. The van der Waals surface area contributed by atoms with Gasteiger partial charge in [0, 0.05) is 17.8 Å². The number of pyridine rings is 1. The number of tetrazole rings is 1. The normalized spacial score (nSPS) is 17.4. The van der Waals surface area contributed by atoms with Crippen LogP contribution in [0.4, 0.5) is 5.82 Å². The smallest absolute Gasteiger partial charge is 0.263 e. The molecule has 0 spiro atoms. The van der Waals surface area contributed by atoms with Crippen LogP contribution in [0.15, 0.2) is 15.9 Å². The van der Waals surface area contributed by atoms with E-state index in [1.807, 2.05) is 13.8 Å². The van der Waals surface area contributed by atoms with Gasteiger partial charge in [-0.15, -0.1) is 10.2 Å². The predicted molar refractivity (Wildman–Crippen MR) is 73.4 cm³/mol. The first-order chi connectivity index (χ1) is 9.61. The van der Waals surface area contributed by atoms with E-state index in [4.69, 9.17) is 5.73 Å². The first-order valence-electron chi connectivity index (χ1n) is 6.20. The van der Waals surface area contributed by atoms with Gasteiger partial charge in [0.2, 0.25) is 5.82 Å². The molecule has 0 saturated carbocycles. The number of rotatable bonds is 2. The molecule has 2 aromatic heterocycles. The van der Waals surface area contributed by atoms with Crippen molar-refractivity contribution < 1.29 is 0 Å². The fourth-order valence-electron chi connectivity index (χ4n) is 2.29. The van der Waals surface area contributed by atoms with Crippen molar-refractivity contribution in [2.45, 2.75) is 26.7 Å². The van der Waals surface area contributed by atoms with Crippen molar-refractivity contribution in [1.82, 2.24) is 25.2 Å². The number of aromatic nitrogens is 5. The zero-order valence-electron chi connectivity index (χ0n) is 11.1. The van der Waals surface area contributed by atoms with E-state index in [1.165, 1.54) is 0 Å². The van der Waals surface area contributed by atoms with Gasteiger partial charge < -0.3 is 5.32 Å². The van der Waals surface area contributed by atoms with E-state index in [0.717, 1.165) is 11.3 Å². The zero-order valence-corrected chi connectivity index (χ0v) is 11.1. The Kier molecular flexibility index (Phi) is 2.83. The highest BCUT2D eigenvalue weighted by molar-refractivity contribution is 6.04. The maximum Gasteiger partial charge on any atom is 0.263 e. The van der Waals surface area contributed by atoms with E-state index >= 15 is 0 Å². The number of nitrogens with zero attached hydrogens (tertiary/aromatic N) is 5. The molecule has 9 heteroatoms. The number of fused-ring (bicyclic) bond motifs is 1. The molecule has 0 fully saturated rings. The summed E-state index contributed by atoms with van der Waals surface area (Å²) in [5.74, 6) is 0.937. The van der Waals surface area contributed by atoms with Gasteiger partial charge in [0.15, 0.2) is 6.29 Å². The summed E-state index contributed by atoms with van der Waals surface area (Å²) in [6, 6.07) is 1.71. The Morgan fingerprint density at radius 3 is 2.90 bits per heavy atom. The second kappa shape index (κ2) is 4.53. The quantitative estimate of drug-likeness (QED) is 0.679. The largest absolute Gasteiger partial charge is 0.337 e. The van der Waals surface area contributed by atoms with Crippen molar-refractivity contribution in [3.05, 3.63) is 22.0 Å². The van der Waals surface area contributed by atoms with Crippen LogP contribution in [0.25, 0.3) is 11.4 Å². The van der Waals surface area contributed by atoms with E-state index in [0.29, 0.717) is 17.9 Å². The Hall–Kier alpha value is -2.55. The Morgan fingerprint density at radius 1 is 1.45 bits per heavy atom. The molecular formula is C11H14N8O. The molecule has 0 radical (unpaired) electrons. The minimum absolute atomic E-state index is 0.193. The van der Waals surface area contributed by atoms with Gasteiger partial charge in [-0.2, -0.15) is 5.21 Å². The molecule has 0 saturated heterocycles. The minimum atomic E-state index is -0.546. The first kappa shape index (κ1) is 12.5. The standard InChI is InChI=1S/C11H14N8O/c1-3-19-9-6(5(2)13-11(12)14-9)4-7(10(19)20)8-15-17-18-16-8/h4,11,14H,3,12H2,1-2H3,(H,15,16,17,18). The van der Waals surface area contributed by atoms with Crippen LogP contribution < -0.4 is 16.6 Å². The number of nitrogens with two attached hydrogens (primary N) is 1. The van der Waals surface area contributed by atoms with Crippen molar-refractivity contribution in [1.29, 1.82) is 0 Å². The first-order valence-corrected chi connectivity index (χ1v) is 6.20. The molecule has 0 aromatic carbocycles. The molecule has 1 aliphatic heterocycles. The number of anilines is 1. The predicted octanol–water partition coefficient (Wildman–Crippen LogP) is -0.475. The number of aromatic amines is 1. The minimum Gasteiger partial charge on any atom is -0.337 e. The molecule has 9 nitrogen and oxygen atoms in total. The van der Waals surface area contributed by atoms with Crippen molar-refractivity contribution in [2.24, 2.45) is 10.7 Å². The van der Waals surface area contributed by atoms with Crippen molar-refractivity contribution >= 4 is 11.5 Å². The summed E-state index contributed by atoms with van der Waals surface area (Å²) in [6.45, 7) is 4.24. The lowest BCUT2D eigenvalue weighted by molar-refractivity contribution is 0.699. The van der Waals surface area contributed by atoms with Gasteiger partial charge in [-0.25, -0.2) is 0 Å². The topological polar surface area (TPSA) is 127 Å². The molecule has 1 atom stereocenters. The average molecular weight is 274 g/mol. The van der Waals surface area contributed by atoms with Gasteiger partial charge >= 0.3 is 0 Å². The molecule has 1 unspecified atom stereocenters. The summed E-state index contributed by atoms with van der Waals surface area (Å²) in [4.78, 5) is 16.8. The van der Waals surface area contributed by atoms with Crippen molar-refractivity contribution in [3.8, 4) is 11.4 Å². The van der Waals surface area contributed by atoms with Gasteiger partial charge in [0.05, 0.1) is 5.56 Å². The fourth-order valence-corrected chi connectivity index (χ4v) is 2.29. The van der Waals surface area contributed by atoms with Crippen LogP contribution >= 0.6 is 0 Å². The molecule has 104 valence electrons. The highest BCUT2D eigenvalue weighted by atomic mass is 16.1. The van der Waals surface area contributed by atoms with E-state index in [2.05, 4.69) is 30.9 Å². The average Bonchev–Trinajstić information content (AvgIpc) is 2.92. The third-order valence-electron chi connectivity index (χ3n) is 3.20. The van der Waals surface area contributed by atoms with Crippen molar-refractivity contribution in [3.63, 3.8) is 0 Å². The second-order valence-electron chi connectivity index (χ2n) is 4.41. The Balaban J connectivity index is 2.31. The van der Waals surface area contributed by atoms with Gasteiger partial charge in [0.25, 0.3) is 5.56 Å². The molecule has 2 aromatic rings. The van der Waals surface area contributed by atoms with Crippen LogP contribution in [0.5, 0.6) is 0 Å². The van der Waals surface area contributed by atoms with Gasteiger partial charge in [-0.05, 0) is 25.1 Å². The summed E-state index contributed by atoms with van der Waals surface area (Å²) < 4.78 is 1.60. The molecule has 0 amide bonds. The van der Waals surface area contributed by atoms with E-state index in [1.54, 1.807) is 10.6 Å². The van der Waals surface area contributed by atoms with Crippen LogP contribution in [-0.2, 0) is 6.54 Å². The van der Waals surface area contributed by atoms with Crippen LogP contribution in [0.1, 0.15) is 19.4 Å². The molecule has 20 heavy (non-hydrogen) atoms. The molecule has 3 rings (SSSR count). The van der Waals surface area contributed by atoms with Crippen LogP contribution in [0, 0.1) is 0 Å². The molecule has 3 heterocycles. The van der Waals surface area contributed by atoms with E-state index < -0.39 is 6.29 Å². The maximum atomic E-state index is 12.5. The summed E-state index contributed by atoms with van der Waals surface area (Å²) in [6.07, 6.45) is -0.546. The van der Waals surface area contributed by atoms with E-state index in [9.17, 15) is 4.79 Å². The highest BCUT2D eigenvalue weighted by Crippen LogP contribution is 2.23. The summed E-state index contributed by atoms with van der Waals surface area (Å²) in [5.41, 5.74) is 7.56. The number of H-pyrrole nitrogens is 1. The third-order valence-corrected chi connectivity index (χ3v) is 3.20. The third kappa shape index (κ3) is 1.79. The molecular weight excluding hydrogens is 260 g/mol. The Bertz CT molecular complexity index is 730. The summed E-state index contributed by atoms with van der Waals surface area (Å²) >= 11 is 0. The number of hydrogen-bond acceptors (Lipinski definition) is 7. The van der Waals surface area contributed by atoms with Gasteiger partial charge in [-0.3, -0.25) is 20.1 Å². The SMILES string of the molecule is CCn1c2c(cc(-c3nn[nH]n3)c1=O)C(C)=NC(N)N2. The van der Waals surface area contributed by atoms with Crippen LogP contribution in [0.2, 0.25) is 0 Å². The highest BCUT2D eigenvalue weighted by Gasteiger charge is 2.22. The fraction of sp³-hybridized carbons (Fsp3) is 0.364. The summed E-state index contributed by atoms with van der Waals surface area (Å²) in [7, 11) is 0. The van der Waals surface area contributed by atoms with Crippen LogP contribution in [-0.4, -0.2) is 37.2 Å². The Morgan fingerprint density at radius 2 is 2.25 bits per heavy atom. The Labute approximate surface area is 113 Å². The second-order valence-corrected chi connectivity index (χ2v) is 4.41. The van der Waals surface area contributed by atoms with Gasteiger partial charge in [0.1, 0.15) is 5.82 Å². The monoisotopic (exact) mass is 274 g/mol. The lowest BCUT2D eigenvalue weighted by Crippen LogP contribution is -2.37. The van der Waals surface area contributed by atoms with Gasteiger partial charge in [-0.1, -0.05) is 0 Å².